The Morgan fingerprint density at radius 2 is 1.57 bits per heavy atom. The number of benzene rings is 2. The summed E-state index contributed by atoms with van der Waals surface area (Å²) >= 11 is 0. The van der Waals surface area contributed by atoms with Crippen molar-refractivity contribution in [3.05, 3.63) is 72.3 Å². The van der Waals surface area contributed by atoms with E-state index in [0.717, 1.165) is 0 Å². The van der Waals surface area contributed by atoms with E-state index in [4.69, 9.17) is 4.74 Å². The van der Waals surface area contributed by atoms with Gasteiger partial charge in [0, 0.05) is 5.69 Å². The van der Waals surface area contributed by atoms with Gasteiger partial charge in [-0.25, -0.2) is 13.2 Å². The number of nitrogens with zero attached hydrogens (tertiary/aromatic N) is 2. The van der Waals surface area contributed by atoms with Crippen LogP contribution in [0.2, 0.25) is 0 Å². The van der Waals surface area contributed by atoms with Gasteiger partial charge < -0.3 is 10.1 Å². The molecule has 0 aliphatic carbocycles. The first-order chi connectivity index (χ1) is 13.5. The lowest BCUT2D eigenvalue weighted by molar-refractivity contribution is 0.0526. The third-order valence-electron chi connectivity index (χ3n) is 3.63. The van der Waals surface area contributed by atoms with Crippen molar-refractivity contribution in [2.24, 2.45) is 0 Å². The number of hydrogen-bond donors (Lipinski definition) is 2. The van der Waals surface area contributed by atoms with Gasteiger partial charge in [0.05, 0.1) is 17.1 Å². The lowest BCUT2D eigenvalue weighted by atomic mass is 10.2. The summed E-state index contributed by atoms with van der Waals surface area (Å²) in [6.45, 7) is 2.06. The Morgan fingerprint density at radius 3 is 2.18 bits per heavy atom. The highest BCUT2D eigenvalue weighted by Crippen LogP contribution is 2.18. The van der Waals surface area contributed by atoms with Crippen LogP contribution in [0.4, 0.5) is 17.3 Å². The Hall–Kier alpha value is -3.46. The van der Waals surface area contributed by atoms with E-state index in [1.165, 1.54) is 18.2 Å². The molecule has 28 heavy (non-hydrogen) atoms. The zero-order valence-electron chi connectivity index (χ0n) is 15.0. The molecule has 3 rings (SSSR count). The van der Waals surface area contributed by atoms with Crippen molar-refractivity contribution >= 4 is 33.3 Å². The Balaban J connectivity index is 1.65. The maximum absolute atomic E-state index is 12.3. The fraction of sp³-hybridized carbons (Fsp3) is 0.105. The summed E-state index contributed by atoms with van der Waals surface area (Å²) in [7, 11) is -3.72. The maximum Gasteiger partial charge on any atom is 0.338 e. The third kappa shape index (κ3) is 4.83. The minimum Gasteiger partial charge on any atom is -0.462 e. The van der Waals surface area contributed by atoms with E-state index in [1.54, 1.807) is 55.5 Å². The van der Waals surface area contributed by atoms with Gasteiger partial charge in [-0.05, 0) is 55.5 Å². The number of nitrogens with one attached hydrogen (secondary N) is 2. The van der Waals surface area contributed by atoms with Gasteiger partial charge in [0.25, 0.3) is 10.0 Å². The molecule has 0 aliphatic heterocycles. The van der Waals surface area contributed by atoms with Gasteiger partial charge in [0.2, 0.25) is 0 Å². The number of esters is 1. The predicted octanol–water partition coefficient (Wildman–Crippen LogP) is 3.20. The van der Waals surface area contributed by atoms with E-state index in [0.29, 0.717) is 23.7 Å². The normalized spacial score (nSPS) is 10.9. The molecule has 0 amide bonds. The molecule has 0 radical (unpaired) electrons. The molecule has 2 N–H and O–H groups in total. The molecule has 1 aromatic heterocycles. The zero-order valence-corrected chi connectivity index (χ0v) is 15.8. The second-order valence-electron chi connectivity index (χ2n) is 5.65. The predicted molar refractivity (Wildman–Crippen MR) is 105 cm³/mol. The molecule has 8 nitrogen and oxygen atoms in total. The van der Waals surface area contributed by atoms with Gasteiger partial charge in [-0.2, -0.15) is 0 Å². The SMILES string of the molecule is CCOC(=O)c1ccc(Nc2ccc(NS(=O)(=O)c3ccccc3)nn2)cc1. The van der Waals surface area contributed by atoms with Gasteiger partial charge in [-0.15, -0.1) is 10.2 Å². The number of anilines is 3. The molecule has 144 valence electrons. The molecule has 0 unspecified atom stereocenters. The van der Waals surface area contributed by atoms with Crippen molar-refractivity contribution in [3.8, 4) is 0 Å². The van der Waals surface area contributed by atoms with E-state index in [2.05, 4.69) is 20.2 Å². The number of carbonyl (C=O) groups excluding carboxylic acids is 1. The Morgan fingerprint density at radius 1 is 0.929 bits per heavy atom. The molecule has 0 aliphatic rings. The first-order valence-electron chi connectivity index (χ1n) is 8.44. The summed E-state index contributed by atoms with van der Waals surface area (Å²) in [4.78, 5) is 11.8. The molecular weight excluding hydrogens is 380 g/mol. The van der Waals surface area contributed by atoms with Crippen molar-refractivity contribution in [2.75, 3.05) is 16.6 Å². The van der Waals surface area contributed by atoms with E-state index in [1.807, 2.05) is 0 Å². The standard InChI is InChI=1S/C19H18N4O4S/c1-2-27-19(24)14-8-10-15(11-9-14)20-17-12-13-18(22-21-17)23-28(25,26)16-6-4-3-5-7-16/h3-13H,2H2,1H3,(H,20,21)(H,22,23). The molecule has 0 fully saturated rings. The van der Waals surface area contributed by atoms with Crippen molar-refractivity contribution in [2.45, 2.75) is 11.8 Å². The van der Waals surface area contributed by atoms with Crippen LogP contribution < -0.4 is 10.0 Å². The molecule has 0 saturated heterocycles. The summed E-state index contributed by atoms with van der Waals surface area (Å²) < 4.78 is 31.9. The fourth-order valence-electron chi connectivity index (χ4n) is 2.30. The monoisotopic (exact) mass is 398 g/mol. The summed E-state index contributed by atoms with van der Waals surface area (Å²) in [5.74, 6) is 0.141. The topological polar surface area (TPSA) is 110 Å². The summed E-state index contributed by atoms with van der Waals surface area (Å²) in [5.41, 5.74) is 1.14. The molecular formula is C19H18N4O4S. The molecule has 9 heteroatoms. The van der Waals surface area contributed by atoms with E-state index < -0.39 is 10.0 Å². The number of aromatic nitrogens is 2. The van der Waals surface area contributed by atoms with Crippen molar-refractivity contribution in [1.82, 2.24) is 10.2 Å². The minimum atomic E-state index is -3.72. The Bertz CT molecular complexity index is 1040. The highest BCUT2D eigenvalue weighted by atomic mass is 32.2. The van der Waals surface area contributed by atoms with Gasteiger partial charge in [-0.3, -0.25) is 4.72 Å². The highest BCUT2D eigenvalue weighted by molar-refractivity contribution is 7.92. The van der Waals surface area contributed by atoms with Crippen LogP contribution in [-0.4, -0.2) is 31.2 Å². The summed E-state index contributed by atoms with van der Waals surface area (Å²) in [6.07, 6.45) is 0. The molecule has 2 aromatic carbocycles. The van der Waals surface area contributed by atoms with Gasteiger partial charge >= 0.3 is 5.97 Å². The molecule has 3 aromatic rings. The summed E-state index contributed by atoms with van der Waals surface area (Å²) in [5, 5.41) is 10.9. The maximum atomic E-state index is 12.3. The second kappa shape index (κ2) is 8.49. The second-order valence-corrected chi connectivity index (χ2v) is 7.33. The minimum absolute atomic E-state index is 0.104. The number of sulfonamides is 1. The quantitative estimate of drug-likeness (QED) is 0.588. The fourth-order valence-corrected chi connectivity index (χ4v) is 3.32. The lowest BCUT2D eigenvalue weighted by Crippen LogP contribution is -2.14. The third-order valence-corrected chi connectivity index (χ3v) is 5.00. The Labute approximate surface area is 162 Å². The van der Waals surface area contributed by atoms with E-state index in [-0.39, 0.29) is 16.7 Å². The number of rotatable bonds is 7. The molecule has 0 bridgehead atoms. The van der Waals surface area contributed by atoms with Crippen LogP contribution in [0.1, 0.15) is 17.3 Å². The van der Waals surface area contributed by atoms with Crippen LogP contribution >= 0.6 is 0 Å². The first-order valence-corrected chi connectivity index (χ1v) is 9.92. The Kier molecular flexibility index (Phi) is 5.85. The van der Waals surface area contributed by atoms with Gasteiger partial charge in [-0.1, -0.05) is 18.2 Å². The summed E-state index contributed by atoms with van der Waals surface area (Å²) in [6, 6.07) is 17.8. The van der Waals surface area contributed by atoms with E-state index in [9.17, 15) is 13.2 Å². The lowest BCUT2D eigenvalue weighted by Gasteiger charge is -2.09. The zero-order chi connectivity index (χ0) is 20.0. The van der Waals surface area contributed by atoms with Crippen molar-refractivity contribution in [3.63, 3.8) is 0 Å². The van der Waals surface area contributed by atoms with Crippen LogP contribution in [0.5, 0.6) is 0 Å². The van der Waals surface area contributed by atoms with Crippen LogP contribution in [0.15, 0.2) is 71.6 Å². The first kappa shape index (κ1) is 19.3. The average Bonchev–Trinajstić information content (AvgIpc) is 2.71. The number of ether oxygens (including phenoxy) is 1. The van der Waals surface area contributed by atoms with Crippen LogP contribution in [0.3, 0.4) is 0 Å². The van der Waals surface area contributed by atoms with Crippen molar-refractivity contribution in [1.29, 1.82) is 0 Å². The van der Waals surface area contributed by atoms with Gasteiger partial charge in [0.15, 0.2) is 11.6 Å². The van der Waals surface area contributed by atoms with Crippen LogP contribution in [0, 0.1) is 0 Å². The van der Waals surface area contributed by atoms with Crippen LogP contribution in [-0.2, 0) is 14.8 Å². The smallest absolute Gasteiger partial charge is 0.338 e. The van der Waals surface area contributed by atoms with Gasteiger partial charge in [0.1, 0.15) is 0 Å². The van der Waals surface area contributed by atoms with Crippen molar-refractivity contribution < 1.29 is 17.9 Å². The molecule has 1 heterocycles. The van der Waals surface area contributed by atoms with E-state index >= 15 is 0 Å². The average molecular weight is 398 g/mol. The van der Waals surface area contributed by atoms with Crippen LogP contribution in [0.25, 0.3) is 0 Å². The number of hydrogen-bond acceptors (Lipinski definition) is 7. The largest absolute Gasteiger partial charge is 0.462 e. The molecule has 0 atom stereocenters. The molecule has 0 saturated carbocycles. The molecule has 0 spiro atoms. The highest BCUT2D eigenvalue weighted by Gasteiger charge is 2.14. The number of carbonyl (C=O) groups is 1.